The first-order valence-corrected chi connectivity index (χ1v) is 22.0. The summed E-state index contributed by atoms with van der Waals surface area (Å²) < 4.78 is 47.8. The second-order valence-electron chi connectivity index (χ2n) is 14.6. The third-order valence-electron chi connectivity index (χ3n) is 9.70. The molecule has 0 spiro atoms. The number of rotatable bonds is 37. The van der Waals surface area contributed by atoms with Crippen molar-refractivity contribution in [2.45, 2.75) is 110 Å². The molecule has 0 fully saturated rings. The lowest BCUT2D eigenvalue weighted by atomic mass is 10.0. The molecule has 3 aromatic rings. The lowest BCUT2D eigenvalue weighted by Gasteiger charge is -2.34. The van der Waals surface area contributed by atoms with Gasteiger partial charge in [-0.15, -0.1) is 0 Å². The fourth-order valence-corrected chi connectivity index (χ4v) is 6.48. The van der Waals surface area contributed by atoms with E-state index in [2.05, 4.69) is 13.8 Å². The number of aryl methyl sites for hydroxylation is 2. The van der Waals surface area contributed by atoms with Crippen molar-refractivity contribution in [3.8, 4) is 11.5 Å². The minimum atomic E-state index is -2.16. The number of para-hydroxylation sites is 2. The molecule has 0 saturated carbocycles. The zero-order valence-electron chi connectivity index (χ0n) is 36.1. The molecule has 0 amide bonds. The zero-order valence-corrected chi connectivity index (χ0v) is 36.1. The first-order chi connectivity index (χ1) is 29.4. The molecule has 0 aliphatic rings. The summed E-state index contributed by atoms with van der Waals surface area (Å²) in [4.78, 5) is 26.4. The van der Waals surface area contributed by atoms with Crippen LogP contribution in [0.5, 0.6) is 11.5 Å². The van der Waals surface area contributed by atoms with Gasteiger partial charge in [0.25, 0.3) is 0 Å². The number of carbonyl (C=O) groups is 2. The number of ether oxygens (including phenoxy) is 8. The Labute approximate surface area is 357 Å². The number of unbranched alkanes of at least 4 members (excludes halogenated alkanes) is 10. The van der Waals surface area contributed by atoms with Crippen molar-refractivity contribution in [1.82, 2.24) is 0 Å². The molecule has 2 N–H and O–H groups in total. The van der Waals surface area contributed by atoms with E-state index in [1.807, 2.05) is 48.5 Å². The molecule has 0 radical (unpaired) electrons. The SMILES string of the molecule is CCCCCCCCc1ccccc1OC(COCCOCCOCCOCCOCCO)(OC(=O)c1ccccc1C(=O)O)Oc1ccccc1CCCCCCCC. The average Bonchev–Trinajstić information content (AvgIpc) is 3.25. The summed E-state index contributed by atoms with van der Waals surface area (Å²) in [6.45, 7) is 6.94. The van der Waals surface area contributed by atoms with E-state index >= 15 is 0 Å². The Kier molecular flexibility index (Phi) is 26.7. The van der Waals surface area contributed by atoms with Gasteiger partial charge >= 0.3 is 17.9 Å². The van der Waals surface area contributed by atoms with E-state index in [0.717, 1.165) is 62.5 Å². The maximum atomic E-state index is 14.1. The van der Waals surface area contributed by atoms with Crippen molar-refractivity contribution >= 4 is 11.9 Å². The summed E-state index contributed by atoms with van der Waals surface area (Å²) in [6, 6.07) is 21.2. The summed E-state index contributed by atoms with van der Waals surface area (Å²) in [6.07, 6.45) is 15.0. The third-order valence-corrected chi connectivity index (χ3v) is 9.70. The predicted octanol–water partition coefficient (Wildman–Crippen LogP) is 9.23. The molecule has 334 valence electrons. The van der Waals surface area contributed by atoms with Crippen molar-refractivity contribution in [1.29, 1.82) is 0 Å². The lowest BCUT2D eigenvalue weighted by molar-refractivity contribution is -0.294. The molecule has 3 aromatic carbocycles. The van der Waals surface area contributed by atoms with Gasteiger partial charge in [-0.05, 0) is 61.1 Å². The van der Waals surface area contributed by atoms with Gasteiger partial charge in [-0.3, -0.25) is 0 Å². The smallest absolute Gasteiger partial charge is 0.444 e. The van der Waals surface area contributed by atoms with Gasteiger partial charge in [0.1, 0.15) is 11.5 Å². The fraction of sp³-hybridized carbons (Fsp3) is 0.583. The number of aliphatic hydroxyl groups is 1. The highest BCUT2D eigenvalue weighted by atomic mass is 16.9. The third kappa shape index (κ3) is 20.5. The van der Waals surface area contributed by atoms with Crippen LogP contribution in [0.15, 0.2) is 72.8 Å². The fourth-order valence-electron chi connectivity index (χ4n) is 6.48. The van der Waals surface area contributed by atoms with Crippen LogP contribution in [-0.2, 0) is 41.3 Å². The van der Waals surface area contributed by atoms with E-state index < -0.39 is 17.9 Å². The molecule has 12 heteroatoms. The average molecular weight is 839 g/mol. The standard InChI is InChI=1S/C48H70O12/c1-3-5-7-9-11-13-21-40-23-15-19-27-44(40)58-48(60-47(52)43-26-18-17-25-42(43)46(50)51,59-45-28-20-16-24-41(45)22-14-12-10-8-6-4-2)39-57-38-37-56-36-35-55-34-33-54-32-31-53-30-29-49/h15-20,23-28,49H,3-14,21-22,29-39H2,1-2H3,(H,50,51). The number of benzene rings is 3. The molecule has 60 heavy (non-hydrogen) atoms. The monoisotopic (exact) mass is 838 g/mol. The van der Waals surface area contributed by atoms with Crippen molar-refractivity contribution in [3.05, 3.63) is 95.1 Å². The molecule has 3 rings (SSSR count). The Hall–Kier alpha value is -4.04. The minimum absolute atomic E-state index is 0.0184. The Bertz CT molecular complexity index is 1520. The molecule has 0 aliphatic heterocycles. The Morgan fingerprint density at radius 2 is 0.900 bits per heavy atom. The molecule has 0 aliphatic carbocycles. The van der Waals surface area contributed by atoms with Gasteiger partial charge in [-0.1, -0.05) is 127 Å². The van der Waals surface area contributed by atoms with Gasteiger partial charge in [0.2, 0.25) is 0 Å². The van der Waals surface area contributed by atoms with Crippen molar-refractivity contribution in [2.75, 3.05) is 72.7 Å². The summed E-state index contributed by atoms with van der Waals surface area (Å²) in [5.41, 5.74) is 1.49. The van der Waals surface area contributed by atoms with Crippen molar-refractivity contribution < 1.29 is 57.7 Å². The van der Waals surface area contributed by atoms with E-state index in [0.29, 0.717) is 51.1 Å². The van der Waals surface area contributed by atoms with Crippen LogP contribution in [0.2, 0.25) is 0 Å². The van der Waals surface area contributed by atoms with Gasteiger partial charge in [0.15, 0.2) is 6.61 Å². The number of aliphatic hydroxyl groups excluding tert-OH is 1. The van der Waals surface area contributed by atoms with Gasteiger partial charge in [-0.2, -0.15) is 0 Å². The van der Waals surface area contributed by atoms with Crippen LogP contribution in [-0.4, -0.2) is 101 Å². The molecule has 0 aromatic heterocycles. The Morgan fingerprint density at radius 1 is 0.500 bits per heavy atom. The maximum absolute atomic E-state index is 14.1. The summed E-state index contributed by atoms with van der Waals surface area (Å²) in [7, 11) is 0. The molecule has 12 nitrogen and oxygen atoms in total. The normalized spacial score (nSPS) is 11.4. The highest BCUT2D eigenvalue weighted by Gasteiger charge is 2.43. The second-order valence-corrected chi connectivity index (χ2v) is 14.6. The van der Waals surface area contributed by atoms with Gasteiger partial charge in [-0.25, -0.2) is 9.59 Å². The topological polar surface area (TPSA) is 148 Å². The van der Waals surface area contributed by atoms with E-state index in [-0.39, 0.29) is 44.2 Å². The molecule has 0 heterocycles. The van der Waals surface area contributed by atoms with E-state index in [9.17, 15) is 14.7 Å². The van der Waals surface area contributed by atoms with E-state index in [1.54, 1.807) is 12.1 Å². The lowest BCUT2D eigenvalue weighted by Crippen LogP contribution is -2.51. The van der Waals surface area contributed by atoms with Crippen LogP contribution < -0.4 is 9.47 Å². The summed E-state index contributed by atoms with van der Waals surface area (Å²) >= 11 is 0. The van der Waals surface area contributed by atoms with Crippen LogP contribution in [0.3, 0.4) is 0 Å². The number of hydrogen-bond donors (Lipinski definition) is 2. The number of hydrogen-bond acceptors (Lipinski definition) is 11. The largest absolute Gasteiger partial charge is 0.478 e. The Balaban J connectivity index is 1.83. The molecule has 0 unspecified atom stereocenters. The molecular weight excluding hydrogens is 769 g/mol. The highest BCUT2D eigenvalue weighted by Crippen LogP contribution is 2.32. The maximum Gasteiger partial charge on any atom is 0.444 e. The van der Waals surface area contributed by atoms with Crippen LogP contribution in [0.4, 0.5) is 0 Å². The number of esters is 1. The van der Waals surface area contributed by atoms with Crippen LogP contribution in [0.25, 0.3) is 0 Å². The first kappa shape index (κ1) is 50.3. The van der Waals surface area contributed by atoms with Crippen LogP contribution >= 0.6 is 0 Å². The molecule has 0 atom stereocenters. The number of carboxylic acid groups (broad SMARTS) is 1. The summed E-state index contributed by atoms with van der Waals surface area (Å²) in [5.74, 6) is -3.43. The van der Waals surface area contributed by atoms with Crippen molar-refractivity contribution in [2.24, 2.45) is 0 Å². The molecule has 0 saturated heterocycles. The van der Waals surface area contributed by atoms with Crippen LogP contribution in [0.1, 0.15) is 123 Å². The number of aromatic carboxylic acids is 1. The quantitative estimate of drug-likeness (QED) is 0.0324. The van der Waals surface area contributed by atoms with E-state index in [1.165, 1.54) is 50.7 Å². The summed E-state index contributed by atoms with van der Waals surface area (Å²) in [5, 5.41) is 18.7. The number of carboxylic acids is 1. The number of carbonyl (C=O) groups excluding carboxylic acids is 1. The van der Waals surface area contributed by atoms with Crippen molar-refractivity contribution in [3.63, 3.8) is 0 Å². The van der Waals surface area contributed by atoms with Crippen LogP contribution in [0, 0.1) is 0 Å². The second kappa shape index (κ2) is 31.8. The van der Waals surface area contributed by atoms with E-state index in [4.69, 9.17) is 43.0 Å². The first-order valence-electron chi connectivity index (χ1n) is 22.0. The van der Waals surface area contributed by atoms with Gasteiger partial charge in [0.05, 0.1) is 77.2 Å². The zero-order chi connectivity index (χ0) is 42.9. The minimum Gasteiger partial charge on any atom is -0.478 e. The van der Waals surface area contributed by atoms with Gasteiger partial charge in [0, 0.05) is 0 Å². The Morgan fingerprint density at radius 3 is 1.37 bits per heavy atom. The molecule has 0 bridgehead atoms. The van der Waals surface area contributed by atoms with Gasteiger partial charge < -0.3 is 48.1 Å². The highest BCUT2D eigenvalue weighted by molar-refractivity contribution is 6.02. The predicted molar refractivity (Wildman–Crippen MR) is 231 cm³/mol. The molecular formula is C48H70O12.